The minimum absolute atomic E-state index is 0.249. The van der Waals surface area contributed by atoms with Crippen LogP contribution in [0.2, 0.25) is 0 Å². The predicted molar refractivity (Wildman–Crippen MR) is 120 cm³/mol. The maximum atomic E-state index is 5.96. The van der Waals surface area contributed by atoms with Gasteiger partial charge in [-0.25, -0.2) is 9.97 Å². The molecule has 0 aliphatic carbocycles. The smallest absolute Gasteiger partial charge is 0.136 e. The van der Waals surface area contributed by atoms with Crippen LogP contribution in [0.4, 0.5) is 5.82 Å². The summed E-state index contributed by atoms with van der Waals surface area (Å²) < 4.78 is 11.6. The van der Waals surface area contributed by atoms with Crippen molar-refractivity contribution >= 4 is 5.82 Å². The van der Waals surface area contributed by atoms with Crippen LogP contribution in [0.5, 0.6) is 0 Å². The molecule has 0 radical (unpaired) electrons. The molecular weight excluding hydrogens is 388 g/mol. The number of ether oxygens (including phenoxy) is 1. The van der Waals surface area contributed by atoms with Gasteiger partial charge in [-0.3, -0.25) is 4.90 Å². The Morgan fingerprint density at radius 3 is 2.81 bits per heavy atom. The molecule has 31 heavy (non-hydrogen) atoms. The van der Waals surface area contributed by atoms with Gasteiger partial charge in [-0.2, -0.15) is 0 Å². The SMILES string of the molecule is Cc1nc2c(c(N(Cc3ccco3)C[C@@H]3CCCO3)n1)CCN(Cc1ccccc1)C2. The lowest BCUT2D eigenvalue weighted by Crippen LogP contribution is -2.36. The lowest BCUT2D eigenvalue weighted by Gasteiger charge is -2.33. The number of hydrogen-bond donors (Lipinski definition) is 0. The summed E-state index contributed by atoms with van der Waals surface area (Å²) in [7, 11) is 0. The second kappa shape index (κ2) is 9.20. The third-order valence-corrected chi connectivity index (χ3v) is 6.16. The minimum Gasteiger partial charge on any atom is -0.467 e. The molecule has 0 saturated carbocycles. The number of rotatable bonds is 7. The summed E-state index contributed by atoms with van der Waals surface area (Å²) in [6.07, 6.45) is 5.18. The van der Waals surface area contributed by atoms with Crippen LogP contribution >= 0.6 is 0 Å². The van der Waals surface area contributed by atoms with Gasteiger partial charge in [-0.15, -0.1) is 0 Å². The lowest BCUT2D eigenvalue weighted by atomic mass is 10.0. The van der Waals surface area contributed by atoms with Crippen molar-refractivity contribution in [2.24, 2.45) is 0 Å². The Bertz CT molecular complexity index is 984. The molecule has 1 saturated heterocycles. The van der Waals surface area contributed by atoms with Gasteiger partial charge >= 0.3 is 0 Å². The Hall–Kier alpha value is -2.70. The molecule has 162 valence electrons. The Morgan fingerprint density at radius 1 is 1.13 bits per heavy atom. The number of hydrogen-bond acceptors (Lipinski definition) is 6. The lowest BCUT2D eigenvalue weighted by molar-refractivity contribution is 0.115. The number of nitrogens with zero attached hydrogens (tertiary/aromatic N) is 4. The molecule has 2 aliphatic rings. The van der Waals surface area contributed by atoms with E-state index in [1.54, 1.807) is 6.26 Å². The fourth-order valence-electron chi connectivity index (χ4n) is 4.67. The third-order valence-electron chi connectivity index (χ3n) is 6.16. The molecule has 0 bridgehead atoms. The van der Waals surface area contributed by atoms with Crippen LogP contribution in [-0.4, -0.2) is 40.7 Å². The highest BCUT2D eigenvalue weighted by Crippen LogP contribution is 2.29. The molecule has 3 aromatic rings. The first-order valence-electron chi connectivity index (χ1n) is 11.3. The Balaban J connectivity index is 1.41. The average molecular weight is 419 g/mol. The maximum absolute atomic E-state index is 5.96. The van der Waals surface area contributed by atoms with E-state index >= 15 is 0 Å². The molecular formula is C25H30N4O2. The zero-order valence-corrected chi connectivity index (χ0v) is 18.2. The van der Waals surface area contributed by atoms with Crippen LogP contribution in [0.25, 0.3) is 0 Å². The van der Waals surface area contributed by atoms with E-state index in [0.29, 0.717) is 6.54 Å². The first-order valence-corrected chi connectivity index (χ1v) is 11.3. The fourth-order valence-corrected chi connectivity index (χ4v) is 4.67. The molecule has 1 fully saturated rings. The molecule has 2 aromatic heterocycles. The van der Waals surface area contributed by atoms with Crippen molar-refractivity contribution in [2.45, 2.75) is 51.9 Å². The van der Waals surface area contributed by atoms with Gasteiger partial charge in [0.25, 0.3) is 0 Å². The van der Waals surface area contributed by atoms with Crippen molar-refractivity contribution in [1.82, 2.24) is 14.9 Å². The first-order chi connectivity index (χ1) is 15.2. The van der Waals surface area contributed by atoms with Crippen LogP contribution in [0.15, 0.2) is 53.1 Å². The second-order valence-corrected chi connectivity index (χ2v) is 8.56. The molecule has 0 N–H and O–H groups in total. The number of aryl methyl sites for hydroxylation is 1. The Labute approximate surface area is 183 Å². The van der Waals surface area contributed by atoms with Gasteiger partial charge in [0.2, 0.25) is 0 Å². The zero-order valence-electron chi connectivity index (χ0n) is 18.2. The second-order valence-electron chi connectivity index (χ2n) is 8.56. The van der Waals surface area contributed by atoms with E-state index in [9.17, 15) is 0 Å². The van der Waals surface area contributed by atoms with Crippen LogP contribution in [0.1, 0.15) is 41.2 Å². The van der Waals surface area contributed by atoms with Gasteiger partial charge in [-0.05, 0) is 43.9 Å². The number of fused-ring (bicyclic) bond motifs is 1. The molecule has 1 atom stereocenters. The van der Waals surface area contributed by atoms with E-state index in [-0.39, 0.29) is 6.10 Å². The summed E-state index contributed by atoms with van der Waals surface area (Å²) in [4.78, 5) is 14.6. The van der Waals surface area contributed by atoms with Crippen LogP contribution < -0.4 is 4.90 Å². The Morgan fingerprint density at radius 2 is 2.03 bits per heavy atom. The highest BCUT2D eigenvalue weighted by atomic mass is 16.5. The average Bonchev–Trinajstić information content (AvgIpc) is 3.48. The summed E-state index contributed by atoms with van der Waals surface area (Å²) in [5.74, 6) is 2.82. The van der Waals surface area contributed by atoms with Crippen molar-refractivity contribution < 1.29 is 9.15 Å². The van der Waals surface area contributed by atoms with E-state index in [0.717, 1.165) is 75.1 Å². The standard InChI is InChI=1S/C25H30N4O2/c1-19-26-24-18-28(15-20-7-3-2-4-8-20)12-11-23(24)25(27-19)29(16-21-9-5-13-30-21)17-22-10-6-14-31-22/h2-5,7-9,13,22H,6,10-12,14-18H2,1H3/t22-/m0/s1. The number of benzene rings is 1. The highest BCUT2D eigenvalue weighted by Gasteiger charge is 2.27. The number of aromatic nitrogens is 2. The molecule has 0 amide bonds. The zero-order chi connectivity index (χ0) is 21.0. The van der Waals surface area contributed by atoms with Gasteiger partial charge in [0.1, 0.15) is 17.4 Å². The van der Waals surface area contributed by atoms with E-state index in [4.69, 9.17) is 19.1 Å². The summed E-state index contributed by atoms with van der Waals surface area (Å²) in [6.45, 7) is 7.20. The molecule has 5 rings (SSSR count). The molecule has 4 heterocycles. The van der Waals surface area contributed by atoms with Crippen molar-refractivity contribution in [3.05, 3.63) is 77.1 Å². The van der Waals surface area contributed by atoms with Gasteiger partial charge in [-0.1, -0.05) is 30.3 Å². The largest absolute Gasteiger partial charge is 0.467 e. The van der Waals surface area contributed by atoms with Gasteiger partial charge in [0.05, 0.1) is 24.6 Å². The van der Waals surface area contributed by atoms with Gasteiger partial charge < -0.3 is 14.1 Å². The van der Waals surface area contributed by atoms with E-state index in [1.807, 2.05) is 19.1 Å². The van der Waals surface area contributed by atoms with Crippen molar-refractivity contribution in [2.75, 3.05) is 24.6 Å². The summed E-state index contributed by atoms with van der Waals surface area (Å²) in [5, 5.41) is 0. The first kappa shape index (κ1) is 20.2. The van der Waals surface area contributed by atoms with Crippen LogP contribution in [0.3, 0.4) is 0 Å². The molecule has 6 heteroatoms. The van der Waals surface area contributed by atoms with Crippen molar-refractivity contribution in [3.8, 4) is 0 Å². The summed E-state index contributed by atoms with van der Waals surface area (Å²) in [5.41, 5.74) is 3.77. The normalized spacial score (nSPS) is 18.8. The van der Waals surface area contributed by atoms with Crippen molar-refractivity contribution in [1.29, 1.82) is 0 Å². The molecule has 0 unspecified atom stereocenters. The Kier molecular flexibility index (Phi) is 6.00. The monoisotopic (exact) mass is 418 g/mol. The molecule has 0 spiro atoms. The highest BCUT2D eigenvalue weighted by molar-refractivity contribution is 5.51. The predicted octanol–water partition coefficient (Wildman–Crippen LogP) is 4.12. The molecule has 6 nitrogen and oxygen atoms in total. The van der Waals surface area contributed by atoms with E-state index in [1.165, 1.54) is 11.1 Å². The third kappa shape index (κ3) is 4.81. The topological polar surface area (TPSA) is 54.6 Å². The van der Waals surface area contributed by atoms with E-state index in [2.05, 4.69) is 40.1 Å². The maximum Gasteiger partial charge on any atom is 0.136 e. The van der Waals surface area contributed by atoms with E-state index < -0.39 is 0 Å². The van der Waals surface area contributed by atoms with Gasteiger partial charge in [0, 0.05) is 38.3 Å². The summed E-state index contributed by atoms with van der Waals surface area (Å²) in [6, 6.07) is 14.6. The quantitative estimate of drug-likeness (QED) is 0.575. The van der Waals surface area contributed by atoms with Crippen LogP contribution in [-0.2, 0) is 30.8 Å². The van der Waals surface area contributed by atoms with Crippen LogP contribution in [0, 0.1) is 6.92 Å². The molecule has 1 aromatic carbocycles. The number of furan rings is 1. The number of anilines is 1. The van der Waals surface area contributed by atoms with Gasteiger partial charge in [0.15, 0.2) is 0 Å². The minimum atomic E-state index is 0.249. The van der Waals surface area contributed by atoms with Crippen molar-refractivity contribution in [3.63, 3.8) is 0 Å². The fraction of sp³-hybridized carbons (Fsp3) is 0.440. The molecule has 2 aliphatic heterocycles. The summed E-state index contributed by atoms with van der Waals surface area (Å²) >= 11 is 0.